The Hall–Kier alpha value is -1.29. The molecule has 2 nitrogen and oxygen atoms in total. The van der Waals surface area contributed by atoms with E-state index in [2.05, 4.69) is 6.58 Å². The van der Waals surface area contributed by atoms with Crippen LogP contribution in [0.25, 0.3) is 0 Å². The highest BCUT2D eigenvalue weighted by Crippen LogP contribution is 2.58. The molecule has 1 N–H and O–H groups in total. The third kappa shape index (κ3) is 4.37. The van der Waals surface area contributed by atoms with Gasteiger partial charge in [0.25, 0.3) is 0 Å². The smallest absolute Gasteiger partial charge is 0.303 e. The number of thioether (sulfide) groups is 1. The number of aliphatic carboxylic acids is 1. The van der Waals surface area contributed by atoms with Crippen LogP contribution in [0.3, 0.4) is 0 Å². The van der Waals surface area contributed by atoms with E-state index >= 15 is 0 Å². The Morgan fingerprint density at radius 1 is 1.30 bits per heavy atom. The van der Waals surface area contributed by atoms with Gasteiger partial charge >= 0.3 is 5.97 Å². The lowest BCUT2D eigenvalue weighted by molar-refractivity contribution is -0.137. The number of carbonyl (C=O) groups is 1. The van der Waals surface area contributed by atoms with Gasteiger partial charge in [0.2, 0.25) is 0 Å². The molecule has 1 aromatic rings. The zero-order valence-electron chi connectivity index (χ0n) is 11.4. The van der Waals surface area contributed by atoms with Crippen LogP contribution in [0, 0.1) is 5.82 Å². The molecule has 1 fully saturated rings. The molecule has 108 valence electrons. The van der Waals surface area contributed by atoms with Crippen LogP contribution < -0.4 is 0 Å². The molecule has 0 radical (unpaired) electrons. The van der Waals surface area contributed by atoms with E-state index in [0.29, 0.717) is 11.7 Å². The van der Waals surface area contributed by atoms with E-state index in [0.717, 1.165) is 41.7 Å². The van der Waals surface area contributed by atoms with Gasteiger partial charge in [-0.1, -0.05) is 31.6 Å². The Kier molecular flexibility index (Phi) is 5.24. The minimum absolute atomic E-state index is 0.143. The van der Waals surface area contributed by atoms with Gasteiger partial charge in [0, 0.05) is 6.42 Å². The first-order chi connectivity index (χ1) is 9.58. The van der Waals surface area contributed by atoms with Crippen LogP contribution in [-0.2, 0) is 11.2 Å². The van der Waals surface area contributed by atoms with Gasteiger partial charge in [-0.3, -0.25) is 4.79 Å². The molecule has 1 aromatic carbocycles. The fourth-order valence-electron chi connectivity index (χ4n) is 2.27. The van der Waals surface area contributed by atoms with Crippen molar-refractivity contribution >= 4 is 17.7 Å². The van der Waals surface area contributed by atoms with E-state index < -0.39 is 5.97 Å². The molecule has 0 spiro atoms. The predicted octanol–water partition coefficient (Wildman–Crippen LogP) is 4.70. The highest BCUT2D eigenvalue weighted by Gasteiger charge is 2.30. The average molecular weight is 294 g/mol. The number of aryl methyl sites for hydroxylation is 1. The van der Waals surface area contributed by atoms with Crippen LogP contribution >= 0.6 is 11.8 Å². The van der Waals surface area contributed by atoms with Crippen molar-refractivity contribution in [3.63, 3.8) is 0 Å². The Balaban J connectivity index is 1.77. The van der Waals surface area contributed by atoms with Gasteiger partial charge in [-0.05, 0) is 41.4 Å². The minimum Gasteiger partial charge on any atom is -0.481 e. The van der Waals surface area contributed by atoms with Crippen molar-refractivity contribution in [1.29, 1.82) is 0 Å². The predicted molar refractivity (Wildman–Crippen MR) is 80.3 cm³/mol. The maximum Gasteiger partial charge on any atom is 0.303 e. The van der Waals surface area contributed by atoms with Crippen LogP contribution in [0.1, 0.15) is 48.5 Å². The first-order valence-electron chi connectivity index (χ1n) is 6.93. The van der Waals surface area contributed by atoms with Crippen molar-refractivity contribution in [3.8, 4) is 0 Å². The van der Waals surface area contributed by atoms with E-state index in [1.165, 1.54) is 0 Å². The van der Waals surface area contributed by atoms with E-state index in [1.807, 2.05) is 12.1 Å². The molecule has 4 heteroatoms. The SMILES string of the molecule is C=C1SC1c1ccc(F)c(CCCCCCC(=O)O)c1. The maximum absolute atomic E-state index is 13.7. The summed E-state index contributed by atoms with van der Waals surface area (Å²) in [6, 6.07) is 5.32. The van der Waals surface area contributed by atoms with Crippen LogP contribution in [0.15, 0.2) is 29.7 Å². The van der Waals surface area contributed by atoms with E-state index in [-0.39, 0.29) is 12.2 Å². The van der Waals surface area contributed by atoms with E-state index in [1.54, 1.807) is 17.8 Å². The molecular weight excluding hydrogens is 275 g/mol. The van der Waals surface area contributed by atoms with Gasteiger partial charge in [-0.25, -0.2) is 4.39 Å². The van der Waals surface area contributed by atoms with Crippen molar-refractivity contribution in [1.82, 2.24) is 0 Å². The first kappa shape index (κ1) is 15.1. The summed E-state index contributed by atoms with van der Waals surface area (Å²) in [7, 11) is 0. The molecule has 0 aromatic heterocycles. The molecule has 0 amide bonds. The molecule has 1 aliphatic heterocycles. The Bertz CT molecular complexity index is 513. The number of carboxylic acid groups (broad SMARTS) is 1. The minimum atomic E-state index is -0.745. The van der Waals surface area contributed by atoms with Gasteiger partial charge in [0.05, 0.1) is 5.25 Å². The van der Waals surface area contributed by atoms with Crippen molar-refractivity contribution in [2.45, 2.75) is 43.8 Å². The quantitative estimate of drug-likeness (QED) is 0.557. The lowest BCUT2D eigenvalue weighted by atomic mass is 10.0. The number of hydrogen-bond acceptors (Lipinski definition) is 2. The second-order valence-corrected chi connectivity index (χ2v) is 6.35. The average Bonchev–Trinajstić information content (AvgIpc) is 3.12. The summed E-state index contributed by atoms with van der Waals surface area (Å²) in [5.41, 5.74) is 1.91. The van der Waals surface area contributed by atoms with Crippen molar-refractivity contribution in [3.05, 3.63) is 46.6 Å². The van der Waals surface area contributed by atoms with Gasteiger partial charge in [-0.2, -0.15) is 0 Å². The monoisotopic (exact) mass is 294 g/mol. The molecule has 0 saturated carbocycles. The second kappa shape index (κ2) is 6.93. The highest BCUT2D eigenvalue weighted by atomic mass is 32.2. The maximum atomic E-state index is 13.7. The summed E-state index contributed by atoms with van der Waals surface area (Å²) >= 11 is 1.72. The lowest BCUT2D eigenvalue weighted by Crippen LogP contribution is -1.95. The molecular formula is C16H19FO2S. The topological polar surface area (TPSA) is 37.3 Å². The van der Waals surface area contributed by atoms with E-state index in [4.69, 9.17) is 5.11 Å². The summed E-state index contributed by atoms with van der Waals surface area (Å²) in [4.78, 5) is 11.5. The number of carboxylic acids is 1. The third-order valence-corrected chi connectivity index (χ3v) is 4.54. The van der Waals surface area contributed by atoms with Gasteiger partial charge in [-0.15, -0.1) is 11.8 Å². The number of halogens is 1. The standard InChI is InChI=1S/C16H19FO2S/c1-11-16(20-11)13-8-9-14(17)12(10-13)6-4-2-3-5-7-15(18)19/h8-10,16H,1-7H2,(H,18,19). The molecule has 1 atom stereocenters. The second-order valence-electron chi connectivity index (χ2n) is 5.12. The zero-order chi connectivity index (χ0) is 14.5. The number of rotatable bonds is 8. The molecule has 0 aliphatic carbocycles. The Labute approximate surface area is 123 Å². The van der Waals surface area contributed by atoms with Crippen molar-refractivity contribution in [2.75, 3.05) is 0 Å². The highest BCUT2D eigenvalue weighted by molar-refractivity contribution is 8.11. The lowest BCUT2D eigenvalue weighted by Gasteiger charge is -2.06. The van der Waals surface area contributed by atoms with Crippen LogP contribution in [0.4, 0.5) is 4.39 Å². The van der Waals surface area contributed by atoms with Crippen LogP contribution in [-0.4, -0.2) is 11.1 Å². The zero-order valence-corrected chi connectivity index (χ0v) is 12.2. The molecule has 2 rings (SSSR count). The van der Waals surface area contributed by atoms with Crippen molar-refractivity contribution < 1.29 is 14.3 Å². The molecule has 1 aliphatic rings. The van der Waals surface area contributed by atoms with Gasteiger partial charge < -0.3 is 5.11 Å². The van der Waals surface area contributed by atoms with Crippen LogP contribution in [0.2, 0.25) is 0 Å². The summed E-state index contributed by atoms with van der Waals surface area (Å²) in [5.74, 6) is -0.888. The summed E-state index contributed by atoms with van der Waals surface area (Å²) < 4.78 is 13.7. The summed E-state index contributed by atoms with van der Waals surface area (Å²) in [5, 5.41) is 8.89. The molecule has 1 unspecified atom stereocenters. The Morgan fingerprint density at radius 3 is 2.65 bits per heavy atom. The van der Waals surface area contributed by atoms with Crippen LogP contribution in [0.5, 0.6) is 0 Å². The number of benzene rings is 1. The Morgan fingerprint density at radius 2 is 2.00 bits per heavy atom. The van der Waals surface area contributed by atoms with Gasteiger partial charge in [0.1, 0.15) is 5.82 Å². The first-order valence-corrected chi connectivity index (χ1v) is 7.81. The summed E-state index contributed by atoms with van der Waals surface area (Å²) in [6.07, 6.45) is 4.39. The molecule has 20 heavy (non-hydrogen) atoms. The molecule has 1 heterocycles. The largest absolute Gasteiger partial charge is 0.481 e. The molecule has 1 saturated heterocycles. The van der Waals surface area contributed by atoms with Crippen molar-refractivity contribution in [2.24, 2.45) is 0 Å². The molecule has 0 bridgehead atoms. The number of unbranched alkanes of at least 4 members (excludes halogenated alkanes) is 3. The normalized spacial score (nSPS) is 17.2. The van der Waals surface area contributed by atoms with Gasteiger partial charge in [0.15, 0.2) is 0 Å². The summed E-state index contributed by atoms with van der Waals surface area (Å²) in [6.45, 7) is 3.91. The number of hydrogen-bond donors (Lipinski definition) is 1. The third-order valence-electron chi connectivity index (χ3n) is 3.46. The van der Waals surface area contributed by atoms with E-state index in [9.17, 15) is 9.18 Å². The fourth-order valence-corrected chi connectivity index (χ4v) is 2.92. The fraction of sp³-hybridized carbons (Fsp3) is 0.438.